The van der Waals surface area contributed by atoms with Gasteiger partial charge in [-0.3, -0.25) is 4.98 Å². The maximum atomic E-state index is 5.92. The first kappa shape index (κ1) is 16.6. The maximum absolute atomic E-state index is 5.92. The smallest absolute Gasteiger partial charge is 0.127 e. The third-order valence-corrected chi connectivity index (χ3v) is 4.52. The van der Waals surface area contributed by atoms with Crippen molar-refractivity contribution in [3.8, 4) is 28.4 Å². The molecule has 2 aromatic carbocycles. The molecule has 1 aromatic heterocycles. The van der Waals surface area contributed by atoms with Gasteiger partial charge < -0.3 is 14.8 Å². The zero-order valence-corrected chi connectivity index (χ0v) is 14.6. The van der Waals surface area contributed by atoms with Gasteiger partial charge in [-0.15, -0.1) is 0 Å². The van der Waals surface area contributed by atoms with Crippen LogP contribution in [-0.2, 0) is 0 Å². The van der Waals surface area contributed by atoms with Crippen LogP contribution in [0.4, 0.5) is 0 Å². The number of hydrogen-bond donors (Lipinski definition) is 1. The summed E-state index contributed by atoms with van der Waals surface area (Å²) in [6.45, 7) is 1.82. The number of hydrogen-bond acceptors (Lipinski definition) is 4. The van der Waals surface area contributed by atoms with E-state index in [-0.39, 0.29) is 0 Å². The lowest BCUT2D eigenvalue weighted by Crippen LogP contribution is -2.28. The molecule has 1 aliphatic heterocycles. The first-order valence-electron chi connectivity index (χ1n) is 9.01. The third-order valence-electron chi connectivity index (χ3n) is 4.52. The third kappa shape index (κ3) is 4.21. The van der Waals surface area contributed by atoms with Gasteiger partial charge in [0.05, 0.1) is 0 Å². The fourth-order valence-electron chi connectivity index (χ4n) is 3.08. The molecule has 0 amide bonds. The Morgan fingerprint density at radius 3 is 2.27 bits per heavy atom. The number of ether oxygens (including phenoxy) is 2. The lowest BCUT2D eigenvalue weighted by Gasteiger charge is -2.12. The molecule has 1 saturated heterocycles. The van der Waals surface area contributed by atoms with Gasteiger partial charge in [0.25, 0.3) is 0 Å². The van der Waals surface area contributed by atoms with Gasteiger partial charge in [0.2, 0.25) is 0 Å². The largest absolute Gasteiger partial charge is 0.492 e. The van der Waals surface area contributed by atoms with Crippen molar-refractivity contribution in [2.75, 3.05) is 13.2 Å². The first-order valence-corrected chi connectivity index (χ1v) is 9.01. The van der Waals surface area contributed by atoms with Crippen molar-refractivity contribution in [2.45, 2.75) is 18.9 Å². The van der Waals surface area contributed by atoms with E-state index in [1.165, 1.54) is 12.8 Å². The minimum Gasteiger partial charge on any atom is -0.492 e. The van der Waals surface area contributed by atoms with E-state index in [1.807, 2.05) is 66.9 Å². The van der Waals surface area contributed by atoms with E-state index in [2.05, 4.69) is 10.3 Å². The zero-order chi connectivity index (χ0) is 17.6. The Morgan fingerprint density at radius 2 is 1.62 bits per heavy atom. The van der Waals surface area contributed by atoms with Crippen LogP contribution in [-0.4, -0.2) is 24.2 Å². The van der Waals surface area contributed by atoms with Crippen molar-refractivity contribution < 1.29 is 9.47 Å². The molecule has 0 saturated carbocycles. The molecule has 4 rings (SSSR count). The molecular formula is C22H22N2O2. The van der Waals surface area contributed by atoms with Gasteiger partial charge in [0.1, 0.15) is 23.9 Å². The minimum atomic E-state index is 0.476. The molecular weight excluding hydrogens is 324 g/mol. The van der Waals surface area contributed by atoms with Crippen molar-refractivity contribution in [1.82, 2.24) is 10.3 Å². The monoisotopic (exact) mass is 346 g/mol. The number of aromatic nitrogens is 1. The van der Waals surface area contributed by atoms with Crippen LogP contribution >= 0.6 is 0 Å². The fraction of sp³-hybridized carbons (Fsp3) is 0.227. The van der Waals surface area contributed by atoms with Crippen LogP contribution in [0, 0.1) is 0 Å². The standard InChI is InChI=1S/C22H22N2O2/c1-3-18(15-23-13-1)17-5-7-21(8-6-17)26-22-11-9-20(10-12-22)25-16-19-4-2-14-24-19/h1,3,5-13,15,19,24H,2,4,14,16H2/t19-/m1/s1. The van der Waals surface area contributed by atoms with E-state index >= 15 is 0 Å². The number of benzene rings is 2. The Bertz CT molecular complexity index is 811. The molecule has 1 N–H and O–H groups in total. The highest BCUT2D eigenvalue weighted by atomic mass is 16.5. The Balaban J connectivity index is 1.35. The second kappa shape index (κ2) is 8.02. The summed E-state index contributed by atoms with van der Waals surface area (Å²) in [5.74, 6) is 2.48. The molecule has 4 heteroatoms. The van der Waals surface area contributed by atoms with Crippen molar-refractivity contribution in [3.63, 3.8) is 0 Å². The van der Waals surface area contributed by atoms with Gasteiger partial charge in [-0.2, -0.15) is 0 Å². The van der Waals surface area contributed by atoms with Crippen molar-refractivity contribution in [3.05, 3.63) is 73.1 Å². The van der Waals surface area contributed by atoms with Crippen molar-refractivity contribution in [2.24, 2.45) is 0 Å². The van der Waals surface area contributed by atoms with E-state index in [0.29, 0.717) is 6.04 Å². The summed E-state index contributed by atoms with van der Waals surface area (Å²) >= 11 is 0. The summed E-state index contributed by atoms with van der Waals surface area (Å²) in [5.41, 5.74) is 2.21. The average Bonchev–Trinajstić information content (AvgIpc) is 3.22. The highest BCUT2D eigenvalue weighted by molar-refractivity contribution is 5.63. The predicted molar refractivity (Wildman–Crippen MR) is 103 cm³/mol. The quantitative estimate of drug-likeness (QED) is 0.704. The summed E-state index contributed by atoms with van der Waals surface area (Å²) in [7, 11) is 0. The van der Waals surface area contributed by atoms with Gasteiger partial charge in [0.15, 0.2) is 0 Å². The van der Waals surface area contributed by atoms with E-state index in [4.69, 9.17) is 9.47 Å². The van der Waals surface area contributed by atoms with Crippen LogP contribution in [0.2, 0.25) is 0 Å². The molecule has 0 unspecified atom stereocenters. The Hall–Kier alpha value is -2.85. The molecule has 0 spiro atoms. The fourth-order valence-corrected chi connectivity index (χ4v) is 3.08. The van der Waals surface area contributed by atoms with E-state index in [0.717, 1.165) is 41.5 Å². The van der Waals surface area contributed by atoms with Crippen LogP contribution in [0.15, 0.2) is 73.1 Å². The van der Waals surface area contributed by atoms with E-state index < -0.39 is 0 Å². The van der Waals surface area contributed by atoms with Crippen LogP contribution in [0.25, 0.3) is 11.1 Å². The lowest BCUT2D eigenvalue weighted by atomic mass is 10.1. The number of nitrogens with zero attached hydrogens (tertiary/aromatic N) is 1. The Kier molecular flexibility index (Phi) is 5.12. The molecule has 3 aromatic rings. The number of rotatable bonds is 6. The normalized spacial score (nSPS) is 16.4. The second-order valence-corrected chi connectivity index (χ2v) is 6.44. The van der Waals surface area contributed by atoms with Gasteiger partial charge in [-0.05, 0) is 73.0 Å². The predicted octanol–water partition coefficient (Wildman–Crippen LogP) is 4.67. The lowest BCUT2D eigenvalue weighted by molar-refractivity contribution is 0.277. The van der Waals surface area contributed by atoms with Gasteiger partial charge in [0, 0.05) is 18.4 Å². The molecule has 1 fully saturated rings. The van der Waals surface area contributed by atoms with Crippen LogP contribution in [0.5, 0.6) is 17.2 Å². The molecule has 0 bridgehead atoms. The van der Waals surface area contributed by atoms with Crippen molar-refractivity contribution in [1.29, 1.82) is 0 Å². The summed E-state index contributed by atoms with van der Waals surface area (Å²) in [6.07, 6.45) is 6.06. The Morgan fingerprint density at radius 1 is 0.885 bits per heavy atom. The van der Waals surface area contributed by atoms with E-state index in [9.17, 15) is 0 Å². The molecule has 2 heterocycles. The Labute approximate surface area is 153 Å². The zero-order valence-electron chi connectivity index (χ0n) is 14.6. The minimum absolute atomic E-state index is 0.476. The highest BCUT2D eigenvalue weighted by Crippen LogP contribution is 2.26. The average molecular weight is 346 g/mol. The molecule has 0 radical (unpaired) electrons. The first-order chi connectivity index (χ1) is 12.9. The van der Waals surface area contributed by atoms with Gasteiger partial charge >= 0.3 is 0 Å². The highest BCUT2D eigenvalue weighted by Gasteiger charge is 2.14. The molecule has 26 heavy (non-hydrogen) atoms. The second-order valence-electron chi connectivity index (χ2n) is 6.44. The molecule has 1 aliphatic rings. The van der Waals surface area contributed by atoms with Crippen LogP contribution < -0.4 is 14.8 Å². The van der Waals surface area contributed by atoms with Crippen LogP contribution in [0.1, 0.15) is 12.8 Å². The van der Waals surface area contributed by atoms with E-state index in [1.54, 1.807) is 6.20 Å². The molecule has 4 nitrogen and oxygen atoms in total. The summed E-state index contributed by atoms with van der Waals surface area (Å²) in [5, 5.41) is 3.43. The topological polar surface area (TPSA) is 43.4 Å². The van der Waals surface area contributed by atoms with Gasteiger partial charge in [-0.1, -0.05) is 18.2 Å². The maximum Gasteiger partial charge on any atom is 0.127 e. The SMILES string of the molecule is c1cncc(-c2ccc(Oc3ccc(OC[C@H]4CCCN4)cc3)cc2)c1. The summed E-state index contributed by atoms with van der Waals surface area (Å²) < 4.78 is 11.8. The number of nitrogens with one attached hydrogen (secondary N) is 1. The number of pyridine rings is 1. The molecule has 132 valence electrons. The van der Waals surface area contributed by atoms with Crippen molar-refractivity contribution >= 4 is 0 Å². The summed E-state index contributed by atoms with van der Waals surface area (Å²) in [6, 6.07) is 20.3. The molecule has 0 aliphatic carbocycles. The molecule has 1 atom stereocenters. The summed E-state index contributed by atoms with van der Waals surface area (Å²) in [4.78, 5) is 4.15. The van der Waals surface area contributed by atoms with Gasteiger partial charge in [-0.25, -0.2) is 0 Å². The van der Waals surface area contributed by atoms with Crippen LogP contribution in [0.3, 0.4) is 0 Å².